The molecule has 82 valence electrons. The molecule has 0 spiro atoms. The van der Waals surface area contributed by atoms with Crippen LogP contribution in [0.15, 0.2) is 18.2 Å². The first-order valence-electron chi connectivity index (χ1n) is 4.77. The maximum atomic E-state index is 6.00. The lowest BCUT2D eigenvalue weighted by Gasteiger charge is -2.41. The highest BCUT2D eigenvalue weighted by atomic mass is 35.5. The van der Waals surface area contributed by atoms with Gasteiger partial charge in [-0.2, -0.15) is 0 Å². The molecule has 0 N–H and O–H groups in total. The molecule has 0 saturated carbocycles. The molecular formula is C11H11Cl3O. The van der Waals surface area contributed by atoms with E-state index in [1.807, 2.05) is 18.2 Å². The number of rotatable bonds is 3. The highest BCUT2D eigenvalue weighted by Crippen LogP contribution is 2.38. The number of hydrogen-bond donors (Lipinski definition) is 0. The molecule has 1 aromatic carbocycles. The molecule has 0 unspecified atom stereocenters. The predicted octanol–water partition coefficient (Wildman–Crippen LogP) is 3.89. The molecule has 1 saturated heterocycles. The van der Waals surface area contributed by atoms with Crippen LogP contribution in [-0.2, 0) is 10.2 Å². The van der Waals surface area contributed by atoms with Crippen LogP contribution < -0.4 is 0 Å². The highest BCUT2D eigenvalue weighted by molar-refractivity contribution is 6.42. The SMILES string of the molecule is ClCCC1(c2ccc(Cl)c(Cl)c2)COC1. The van der Waals surface area contributed by atoms with Gasteiger partial charge in [-0.3, -0.25) is 0 Å². The molecule has 0 bridgehead atoms. The number of benzene rings is 1. The van der Waals surface area contributed by atoms with Crippen molar-refractivity contribution in [3.63, 3.8) is 0 Å². The zero-order chi connectivity index (χ0) is 10.9. The minimum absolute atomic E-state index is 0.0516. The molecule has 4 heteroatoms. The average molecular weight is 266 g/mol. The fourth-order valence-electron chi connectivity index (χ4n) is 1.81. The van der Waals surface area contributed by atoms with Gasteiger partial charge in [0.15, 0.2) is 0 Å². The van der Waals surface area contributed by atoms with Gasteiger partial charge in [-0.25, -0.2) is 0 Å². The molecule has 15 heavy (non-hydrogen) atoms. The van der Waals surface area contributed by atoms with Gasteiger partial charge in [-0.05, 0) is 24.1 Å². The van der Waals surface area contributed by atoms with Gasteiger partial charge < -0.3 is 4.74 Å². The second-order valence-corrected chi connectivity index (χ2v) is 5.03. The Morgan fingerprint density at radius 2 is 1.93 bits per heavy atom. The van der Waals surface area contributed by atoms with Crippen molar-refractivity contribution in [1.82, 2.24) is 0 Å². The molecule has 1 nitrogen and oxygen atoms in total. The molecule has 1 aliphatic rings. The average Bonchev–Trinajstić information content (AvgIpc) is 2.16. The molecule has 1 fully saturated rings. The zero-order valence-corrected chi connectivity index (χ0v) is 10.4. The van der Waals surface area contributed by atoms with Gasteiger partial charge in [0, 0.05) is 11.3 Å². The molecule has 0 amide bonds. The molecule has 0 aliphatic carbocycles. The summed E-state index contributed by atoms with van der Waals surface area (Å²) in [6.45, 7) is 1.44. The van der Waals surface area contributed by atoms with E-state index in [-0.39, 0.29) is 5.41 Å². The standard InChI is InChI=1S/C11H11Cl3O/c12-4-3-11(6-15-7-11)8-1-2-9(13)10(14)5-8/h1-2,5H,3-4,6-7H2. The zero-order valence-electron chi connectivity index (χ0n) is 8.10. The summed E-state index contributed by atoms with van der Waals surface area (Å²) in [6, 6.07) is 5.75. The van der Waals surface area contributed by atoms with E-state index in [1.165, 1.54) is 5.56 Å². The largest absolute Gasteiger partial charge is 0.379 e. The Labute approximate surface area is 104 Å². The maximum Gasteiger partial charge on any atom is 0.0595 e. The van der Waals surface area contributed by atoms with Crippen LogP contribution in [0.5, 0.6) is 0 Å². The summed E-state index contributed by atoms with van der Waals surface area (Å²) in [4.78, 5) is 0. The van der Waals surface area contributed by atoms with Crippen molar-refractivity contribution < 1.29 is 4.74 Å². The van der Waals surface area contributed by atoms with E-state index in [0.717, 1.165) is 19.6 Å². The summed E-state index contributed by atoms with van der Waals surface area (Å²) in [5.74, 6) is 0.629. The van der Waals surface area contributed by atoms with Crippen LogP contribution in [0.1, 0.15) is 12.0 Å². The molecule has 1 aliphatic heterocycles. The van der Waals surface area contributed by atoms with E-state index < -0.39 is 0 Å². The lowest BCUT2D eigenvalue weighted by molar-refractivity contribution is -0.0615. The quantitative estimate of drug-likeness (QED) is 0.754. The first kappa shape index (κ1) is 11.5. The number of halogens is 3. The Morgan fingerprint density at radius 3 is 2.40 bits per heavy atom. The number of hydrogen-bond acceptors (Lipinski definition) is 1. The van der Waals surface area contributed by atoms with Gasteiger partial charge in [0.05, 0.1) is 23.3 Å². The Kier molecular flexibility index (Phi) is 3.46. The van der Waals surface area contributed by atoms with Crippen molar-refractivity contribution in [3.05, 3.63) is 33.8 Å². The highest BCUT2D eigenvalue weighted by Gasteiger charge is 2.39. The Bertz CT molecular complexity index is 361. The molecular weight excluding hydrogens is 254 g/mol. The van der Waals surface area contributed by atoms with E-state index >= 15 is 0 Å². The molecule has 0 atom stereocenters. The van der Waals surface area contributed by atoms with Crippen molar-refractivity contribution in [2.45, 2.75) is 11.8 Å². The first-order valence-corrected chi connectivity index (χ1v) is 6.06. The van der Waals surface area contributed by atoms with Crippen LogP contribution in [0.3, 0.4) is 0 Å². The van der Waals surface area contributed by atoms with Crippen LogP contribution in [-0.4, -0.2) is 19.1 Å². The smallest absolute Gasteiger partial charge is 0.0595 e. The van der Waals surface area contributed by atoms with E-state index in [0.29, 0.717) is 15.9 Å². The van der Waals surface area contributed by atoms with Gasteiger partial charge in [0.25, 0.3) is 0 Å². The lowest BCUT2D eigenvalue weighted by Crippen LogP contribution is -2.47. The summed E-state index contributed by atoms with van der Waals surface area (Å²) in [6.07, 6.45) is 0.909. The van der Waals surface area contributed by atoms with Crippen molar-refractivity contribution in [2.75, 3.05) is 19.1 Å². The van der Waals surface area contributed by atoms with Gasteiger partial charge in [-0.1, -0.05) is 29.3 Å². The Hall–Kier alpha value is 0.0500. The molecule has 0 aromatic heterocycles. The van der Waals surface area contributed by atoms with Crippen LogP contribution >= 0.6 is 34.8 Å². The molecule has 1 aromatic rings. The topological polar surface area (TPSA) is 9.23 Å². The number of alkyl halides is 1. The van der Waals surface area contributed by atoms with Crippen LogP contribution in [0.25, 0.3) is 0 Å². The second-order valence-electron chi connectivity index (χ2n) is 3.84. The van der Waals surface area contributed by atoms with Crippen molar-refractivity contribution in [3.8, 4) is 0 Å². The molecule has 1 heterocycles. The van der Waals surface area contributed by atoms with Crippen LogP contribution in [0.2, 0.25) is 10.0 Å². The summed E-state index contributed by atoms with van der Waals surface area (Å²) >= 11 is 17.7. The summed E-state index contributed by atoms with van der Waals surface area (Å²) in [5.41, 5.74) is 1.22. The van der Waals surface area contributed by atoms with Gasteiger partial charge >= 0.3 is 0 Å². The second kappa shape index (κ2) is 4.50. The van der Waals surface area contributed by atoms with Gasteiger partial charge in [-0.15, -0.1) is 11.6 Å². The van der Waals surface area contributed by atoms with Gasteiger partial charge in [0.2, 0.25) is 0 Å². The fraction of sp³-hybridized carbons (Fsp3) is 0.455. The molecule has 2 rings (SSSR count). The van der Waals surface area contributed by atoms with Crippen LogP contribution in [0.4, 0.5) is 0 Å². The number of ether oxygens (including phenoxy) is 1. The summed E-state index contributed by atoms with van der Waals surface area (Å²) in [7, 11) is 0. The van der Waals surface area contributed by atoms with Crippen LogP contribution in [0, 0.1) is 0 Å². The van der Waals surface area contributed by atoms with E-state index in [1.54, 1.807) is 0 Å². The molecule has 0 radical (unpaired) electrons. The Balaban J connectivity index is 2.30. The fourth-order valence-corrected chi connectivity index (χ4v) is 2.47. The van der Waals surface area contributed by atoms with Crippen molar-refractivity contribution in [1.29, 1.82) is 0 Å². The monoisotopic (exact) mass is 264 g/mol. The van der Waals surface area contributed by atoms with Crippen molar-refractivity contribution in [2.24, 2.45) is 0 Å². The first-order chi connectivity index (χ1) is 7.18. The summed E-state index contributed by atoms with van der Waals surface area (Å²) in [5, 5.41) is 1.18. The maximum absolute atomic E-state index is 6.00. The van der Waals surface area contributed by atoms with E-state index in [2.05, 4.69) is 0 Å². The normalized spacial score (nSPS) is 18.6. The summed E-state index contributed by atoms with van der Waals surface area (Å²) < 4.78 is 5.28. The van der Waals surface area contributed by atoms with Gasteiger partial charge in [0.1, 0.15) is 0 Å². The van der Waals surface area contributed by atoms with Crippen molar-refractivity contribution >= 4 is 34.8 Å². The minimum Gasteiger partial charge on any atom is -0.379 e. The third-order valence-corrected chi connectivity index (χ3v) is 3.79. The third-order valence-electron chi connectivity index (χ3n) is 2.86. The third kappa shape index (κ3) is 2.12. The Morgan fingerprint density at radius 1 is 1.20 bits per heavy atom. The lowest BCUT2D eigenvalue weighted by atomic mass is 9.76. The predicted molar refractivity (Wildman–Crippen MR) is 64.3 cm³/mol. The van der Waals surface area contributed by atoms with E-state index in [9.17, 15) is 0 Å². The minimum atomic E-state index is 0.0516. The van der Waals surface area contributed by atoms with E-state index in [4.69, 9.17) is 39.5 Å².